The lowest BCUT2D eigenvalue weighted by Gasteiger charge is -2.17. The van der Waals surface area contributed by atoms with Crippen molar-refractivity contribution in [1.29, 1.82) is 0 Å². The van der Waals surface area contributed by atoms with Crippen LogP contribution in [0.1, 0.15) is 16.6 Å². The molecule has 10 heteroatoms. The highest BCUT2D eigenvalue weighted by atomic mass is 16.6. The summed E-state index contributed by atoms with van der Waals surface area (Å²) < 4.78 is 6.88. The number of carbonyl (C=O) groups excluding carboxylic acids is 1. The average molecular weight is 323 g/mol. The van der Waals surface area contributed by atoms with Crippen LogP contribution in [0.15, 0.2) is 12.5 Å². The summed E-state index contributed by atoms with van der Waals surface area (Å²) in [6.07, 6.45) is -1.85. The van der Waals surface area contributed by atoms with Crippen molar-refractivity contribution in [2.75, 3.05) is 19.4 Å². The van der Waals surface area contributed by atoms with E-state index in [1.807, 2.05) is 0 Å². The zero-order chi connectivity index (χ0) is 16.7. The quantitative estimate of drug-likeness (QED) is 0.433. The number of anilines is 1. The summed E-state index contributed by atoms with van der Waals surface area (Å²) in [7, 11) is 1.47. The largest absolute Gasteiger partial charge is 0.394 e. The summed E-state index contributed by atoms with van der Waals surface area (Å²) in [6.45, 7) is -0.451. The Morgan fingerprint density at radius 1 is 1.43 bits per heavy atom. The van der Waals surface area contributed by atoms with Gasteiger partial charge < -0.3 is 35.7 Å². The zero-order valence-electron chi connectivity index (χ0n) is 12.2. The van der Waals surface area contributed by atoms with Crippen molar-refractivity contribution in [2.24, 2.45) is 0 Å². The maximum Gasteiger partial charge on any atom is 0.253 e. The second-order valence-corrected chi connectivity index (χ2v) is 5.22. The van der Waals surface area contributed by atoms with E-state index in [1.54, 1.807) is 0 Å². The fourth-order valence-electron chi connectivity index (χ4n) is 2.72. The number of amides is 1. The number of rotatable bonds is 3. The topological polar surface area (TPSA) is 156 Å². The lowest BCUT2D eigenvalue weighted by molar-refractivity contribution is -0.0508. The number of ether oxygens (including phenoxy) is 1. The number of nitrogen functional groups attached to an aromatic ring is 1. The molecule has 4 atom stereocenters. The lowest BCUT2D eigenvalue weighted by Crippen LogP contribution is -2.33. The second kappa shape index (κ2) is 5.74. The molecule has 6 N–H and O–H groups in total. The molecular formula is C13H17N5O5. The smallest absolute Gasteiger partial charge is 0.253 e. The number of nitrogens with one attached hydrogen (secondary N) is 1. The number of aliphatic hydroxyl groups excluding tert-OH is 3. The van der Waals surface area contributed by atoms with E-state index in [0.29, 0.717) is 5.39 Å². The van der Waals surface area contributed by atoms with E-state index in [0.717, 1.165) is 0 Å². The molecular weight excluding hydrogens is 306 g/mol. The minimum Gasteiger partial charge on any atom is -0.394 e. The SMILES string of the molecule is CNC(=O)c1cn([C@H]2O[C@@H](CO)[C@@H](O)[C@H]2O)c2ncnc(N)c12. The number of aliphatic hydroxyl groups is 3. The van der Waals surface area contributed by atoms with Gasteiger partial charge in [-0.1, -0.05) is 0 Å². The summed E-state index contributed by atoms with van der Waals surface area (Å²) in [5.41, 5.74) is 6.34. The Hall–Kier alpha value is -2.27. The maximum absolute atomic E-state index is 12.0. The van der Waals surface area contributed by atoms with Gasteiger partial charge in [0, 0.05) is 13.2 Å². The molecule has 0 radical (unpaired) electrons. The monoisotopic (exact) mass is 323 g/mol. The number of hydrogen-bond donors (Lipinski definition) is 5. The first kappa shape index (κ1) is 15.6. The Balaban J connectivity index is 2.16. The highest BCUT2D eigenvalue weighted by Gasteiger charge is 2.44. The van der Waals surface area contributed by atoms with Crippen LogP contribution in [0.2, 0.25) is 0 Å². The standard InChI is InChI=1S/C13H17N5O5/c1-15-12(22)5-2-18(11-7(5)10(14)16-4-17-11)13-9(21)8(20)6(3-19)23-13/h2,4,6,8-9,13,19-21H,3H2,1H3,(H,15,22)(H2,14,16,17)/t6-,8+,9+,13-/m0/s1. The molecule has 1 amide bonds. The summed E-state index contributed by atoms with van der Waals surface area (Å²) in [5.74, 6) is -0.291. The molecule has 0 aliphatic carbocycles. The van der Waals surface area contributed by atoms with Gasteiger partial charge in [-0.2, -0.15) is 0 Å². The summed E-state index contributed by atoms with van der Waals surface area (Å²) in [6, 6.07) is 0. The van der Waals surface area contributed by atoms with Gasteiger partial charge in [-0.05, 0) is 0 Å². The lowest BCUT2D eigenvalue weighted by atomic mass is 10.1. The van der Waals surface area contributed by atoms with Crippen LogP contribution in [0.5, 0.6) is 0 Å². The molecule has 0 spiro atoms. The van der Waals surface area contributed by atoms with E-state index in [1.165, 1.54) is 24.1 Å². The Kier molecular flexibility index (Phi) is 3.90. The fraction of sp³-hybridized carbons (Fsp3) is 0.462. The molecule has 23 heavy (non-hydrogen) atoms. The summed E-state index contributed by atoms with van der Waals surface area (Å²) >= 11 is 0. The van der Waals surface area contributed by atoms with Crippen molar-refractivity contribution in [3.05, 3.63) is 18.1 Å². The molecule has 0 saturated carbocycles. The van der Waals surface area contributed by atoms with E-state index < -0.39 is 37.1 Å². The summed E-state index contributed by atoms with van der Waals surface area (Å²) in [5, 5.41) is 32.1. The molecule has 0 bridgehead atoms. The van der Waals surface area contributed by atoms with Crippen LogP contribution in [0, 0.1) is 0 Å². The van der Waals surface area contributed by atoms with E-state index in [9.17, 15) is 20.1 Å². The first-order valence-electron chi connectivity index (χ1n) is 6.95. The first-order chi connectivity index (χ1) is 11.0. The minimum absolute atomic E-state index is 0.110. The van der Waals surface area contributed by atoms with E-state index in [4.69, 9.17) is 10.5 Å². The molecule has 0 aromatic carbocycles. The van der Waals surface area contributed by atoms with Crippen molar-refractivity contribution in [3.63, 3.8) is 0 Å². The number of nitrogens with two attached hydrogens (primary N) is 1. The maximum atomic E-state index is 12.0. The van der Waals surface area contributed by atoms with Gasteiger partial charge >= 0.3 is 0 Å². The predicted molar refractivity (Wildman–Crippen MR) is 78.3 cm³/mol. The average Bonchev–Trinajstić information content (AvgIpc) is 3.07. The number of carbonyl (C=O) groups is 1. The van der Waals surface area contributed by atoms with Gasteiger partial charge in [-0.25, -0.2) is 9.97 Å². The molecule has 1 fully saturated rings. The molecule has 124 valence electrons. The van der Waals surface area contributed by atoms with E-state index >= 15 is 0 Å². The third-order valence-electron chi connectivity index (χ3n) is 3.90. The Morgan fingerprint density at radius 3 is 2.78 bits per heavy atom. The molecule has 1 aliphatic heterocycles. The fourth-order valence-corrected chi connectivity index (χ4v) is 2.72. The Labute approximate surface area is 130 Å². The van der Waals surface area contributed by atoms with Crippen molar-refractivity contribution in [3.8, 4) is 0 Å². The molecule has 2 aromatic heterocycles. The highest BCUT2D eigenvalue weighted by Crippen LogP contribution is 2.34. The molecule has 3 heterocycles. The van der Waals surface area contributed by atoms with Gasteiger partial charge in [0.05, 0.1) is 17.6 Å². The number of nitrogens with zero attached hydrogens (tertiary/aromatic N) is 3. The number of hydrogen-bond acceptors (Lipinski definition) is 8. The Bertz CT molecular complexity index is 748. The predicted octanol–water partition coefficient (Wildman–Crippen LogP) is -2.02. The molecule has 1 saturated heterocycles. The van der Waals surface area contributed by atoms with Crippen LogP contribution in [0.25, 0.3) is 11.0 Å². The minimum atomic E-state index is -1.29. The van der Waals surface area contributed by atoms with E-state index in [-0.39, 0.29) is 17.0 Å². The number of fused-ring (bicyclic) bond motifs is 1. The van der Waals surface area contributed by atoms with Crippen LogP contribution in [0.4, 0.5) is 5.82 Å². The molecule has 3 rings (SSSR count). The van der Waals surface area contributed by atoms with Crippen LogP contribution in [0.3, 0.4) is 0 Å². The first-order valence-corrected chi connectivity index (χ1v) is 6.95. The molecule has 0 unspecified atom stereocenters. The van der Waals surface area contributed by atoms with Gasteiger partial charge in [-0.15, -0.1) is 0 Å². The highest BCUT2D eigenvalue weighted by molar-refractivity contribution is 6.09. The third-order valence-corrected chi connectivity index (χ3v) is 3.90. The number of aromatic nitrogens is 3. The van der Waals surface area contributed by atoms with Gasteiger partial charge in [0.15, 0.2) is 6.23 Å². The van der Waals surface area contributed by atoms with Gasteiger partial charge in [0.25, 0.3) is 5.91 Å². The molecule has 1 aliphatic rings. The second-order valence-electron chi connectivity index (χ2n) is 5.22. The van der Waals surface area contributed by atoms with E-state index in [2.05, 4.69) is 15.3 Å². The Morgan fingerprint density at radius 2 is 2.17 bits per heavy atom. The van der Waals surface area contributed by atoms with Gasteiger partial charge in [-0.3, -0.25) is 4.79 Å². The van der Waals surface area contributed by atoms with Crippen molar-refractivity contribution in [2.45, 2.75) is 24.5 Å². The van der Waals surface area contributed by atoms with Crippen LogP contribution in [-0.2, 0) is 4.74 Å². The van der Waals surface area contributed by atoms with Crippen LogP contribution in [-0.4, -0.2) is 67.7 Å². The third kappa shape index (κ3) is 2.32. The normalized spacial score (nSPS) is 27.5. The van der Waals surface area contributed by atoms with Crippen molar-refractivity contribution < 1.29 is 24.9 Å². The van der Waals surface area contributed by atoms with Gasteiger partial charge in [0.1, 0.15) is 36.1 Å². The van der Waals surface area contributed by atoms with Crippen LogP contribution >= 0.6 is 0 Å². The summed E-state index contributed by atoms with van der Waals surface area (Å²) in [4.78, 5) is 20.0. The molecule has 2 aromatic rings. The van der Waals surface area contributed by atoms with Crippen LogP contribution < -0.4 is 11.1 Å². The van der Waals surface area contributed by atoms with Crippen molar-refractivity contribution in [1.82, 2.24) is 19.9 Å². The van der Waals surface area contributed by atoms with Gasteiger partial charge in [0.2, 0.25) is 0 Å². The zero-order valence-corrected chi connectivity index (χ0v) is 12.2. The molecule has 10 nitrogen and oxygen atoms in total. The van der Waals surface area contributed by atoms with Crippen molar-refractivity contribution >= 4 is 22.8 Å².